The van der Waals surface area contributed by atoms with E-state index in [1.165, 1.54) is 0 Å². The Labute approximate surface area is 151 Å². The summed E-state index contributed by atoms with van der Waals surface area (Å²) in [4.78, 5) is 4.74. The van der Waals surface area contributed by atoms with Gasteiger partial charge < -0.3 is 13.7 Å². The zero-order chi connectivity index (χ0) is 17.9. The van der Waals surface area contributed by atoms with Gasteiger partial charge in [-0.2, -0.15) is 0 Å². The summed E-state index contributed by atoms with van der Waals surface area (Å²) in [7, 11) is 1.64. The molecular weight excluding hydrogens is 328 g/mol. The number of aryl methyl sites for hydroxylation is 1. The summed E-state index contributed by atoms with van der Waals surface area (Å²) in [5.41, 5.74) is 2.94. The lowest BCUT2D eigenvalue weighted by atomic mass is 10.2. The molecule has 0 saturated heterocycles. The summed E-state index contributed by atoms with van der Waals surface area (Å²) in [5.74, 6) is 2.90. The highest BCUT2D eigenvalue weighted by molar-refractivity contribution is 5.76. The first-order chi connectivity index (χ1) is 12.8. The van der Waals surface area contributed by atoms with Gasteiger partial charge in [-0.15, -0.1) is 10.2 Å². The first-order valence-corrected chi connectivity index (χ1v) is 8.69. The highest BCUT2D eigenvalue weighted by Gasteiger charge is 2.14. The Morgan fingerprint density at radius 1 is 1.04 bits per heavy atom. The van der Waals surface area contributed by atoms with Crippen LogP contribution < -0.4 is 4.74 Å². The van der Waals surface area contributed by atoms with Crippen LogP contribution in [0.1, 0.15) is 25.1 Å². The number of rotatable bonds is 6. The Balaban J connectivity index is 1.64. The fourth-order valence-electron chi connectivity index (χ4n) is 3.02. The summed E-state index contributed by atoms with van der Waals surface area (Å²) >= 11 is 0. The molecule has 0 spiro atoms. The SMILES string of the molecule is CCCc1nc2ccccc2n1Cc1nnc(-c2ccc(OC)cc2)o1. The Morgan fingerprint density at radius 3 is 2.62 bits per heavy atom. The summed E-state index contributed by atoms with van der Waals surface area (Å²) < 4.78 is 13.2. The lowest BCUT2D eigenvalue weighted by Gasteiger charge is -2.05. The van der Waals surface area contributed by atoms with Crippen LogP contribution in [0.25, 0.3) is 22.5 Å². The second-order valence-electron chi connectivity index (χ2n) is 6.08. The number of aromatic nitrogens is 4. The molecule has 0 amide bonds. The molecule has 0 saturated carbocycles. The number of ether oxygens (including phenoxy) is 1. The van der Waals surface area contributed by atoms with E-state index in [0.717, 1.165) is 41.0 Å². The molecule has 2 aromatic carbocycles. The van der Waals surface area contributed by atoms with E-state index in [4.69, 9.17) is 14.1 Å². The number of para-hydroxylation sites is 2. The molecular formula is C20H20N4O2. The summed E-state index contributed by atoms with van der Waals surface area (Å²) in [6.07, 6.45) is 1.94. The van der Waals surface area contributed by atoms with Gasteiger partial charge in [-0.3, -0.25) is 0 Å². The zero-order valence-corrected chi connectivity index (χ0v) is 14.8. The van der Waals surface area contributed by atoms with Crippen LogP contribution in [0.5, 0.6) is 5.75 Å². The number of imidazole rings is 1. The number of benzene rings is 2. The maximum Gasteiger partial charge on any atom is 0.247 e. The van der Waals surface area contributed by atoms with Crippen LogP contribution >= 0.6 is 0 Å². The molecule has 0 radical (unpaired) electrons. The van der Waals surface area contributed by atoms with Crippen LogP contribution in [0.15, 0.2) is 52.9 Å². The molecule has 2 heterocycles. The van der Waals surface area contributed by atoms with Gasteiger partial charge in [-0.1, -0.05) is 19.1 Å². The van der Waals surface area contributed by atoms with Crippen LogP contribution in [0.4, 0.5) is 0 Å². The molecule has 0 N–H and O–H groups in total. The number of hydrogen-bond donors (Lipinski definition) is 0. The standard InChI is InChI=1S/C20H20N4O2/c1-3-6-18-21-16-7-4-5-8-17(16)24(18)13-19-22-23-20(26-19)14-9-11-15(25-2)12-10-14/h4-5,7-12H,3,6,13H2,1-2H3. The number of methoxy groups -OCH3 is 1. The minimum atomic E-state index is 0.504. The van der Waals surface area contributed by atoms with Crippen LogP contribution in [0.3, 0.4) is 0 Å². The van der Waals surface area contributed by atoms with Crippen molar-refractivity contribution in [2.75, 3.05) is 7.11 Å². The summed E-state index contributed by atoms with van der Waals surface area (Å²) in [5, 5.41) is 8.41. The van der Waals surface area contributed by atoms with Crippen molar-refractivity contribution < 1.29 is 9.15 Å². The van der Waals surface area contributed by atoms with E-state index in [9.17, 15) is 0 Å². The third-order valence-electron chi connectivity index (χ3n) is 4.30. The first kappa shape index (κ1) is 16.3. The van der Waals surface area contributed by atoms with Gasteiger partial charge in [0.05, 0.1) is 18.1 Å². The Bertz CT molecular complexity index is 1020. The number of hydrogen-bond acceptors (Lipinski definition) is 5. The van der Waals surface area contributed by atoms with Crippen LogP contribution in [0, 0.1) is 0 Å². The maximum atomic E-state index is 5.89. The van der Waals surface area contributed by atoms with Gasteiger partial charge in [-0.25, -0.2) is 4.98 Å². The van der Waals surface area contributed by atoms with Crippen LogP contribution in [0.2, 0.25) is 0 Å². The predicted octanol–water partition coefficient (Wildman–Crippen LogP) is 4.10. The molecule has 6 nitrogen and oxygen atoms in total. The van der Waals surface area contributed by atoms with Crippen LogP contribution in [-0.4, -0.2) is 26.9 Å². The first-order valence-electron chi connectivity index (χ1n) is 8.69. The molecule has 0 unspecified atom stereocenters. The lowest BCUT2D eigenvalue weighted by Crippen LogP contribution is -2.05. The monoisotopic (exact) mass is 348 g/mol. The van der Waals surface area contributed by atoms with E-state index in [2.05, 4.69) is 27.8 Å². The molecule has 0 bridgehead atoms. The van der Waals surface area contributed by atoms with Crippen LogP contribution in [-0.2, 0) is 13.0 Å². The quantitative estimate of drug-likeness (QED) is 0.525. The van der Waals surface area contributed by atoms with E-state index in [1.807, 2.05) is 42.5 Å². The zero-order valence-electron chi connectivity index (χ0n) is 14.8. The molecule has 0 atom stereocenters. The predicted molar refractivity (Wildman–Crippen MR) is 99.1 cm³/mol. The molecule has 26 heavy (non-hydrogen) atoms. The molecule has 0 aliphatic carbocycles. The van der Waals surface area contributed by atoms with Gasteiger partial charge in [0.15, 0.2) is 0 Å². The van der Waals surface area contributed by atoms with E-state index >= 15 is 0 Å². The van der Waals surface area contributed by atoms with Crippen molar-refractivity contribution in [2.24, 2.45) is 0 Å². The van der Waals surface area contributed by atoms with E-state index in [-0.39, 0.29) is 0 Å². The van der Waals surface area contributed by atoms with Gasteiger partial charge in [0, 0.05) is 12.0 Å². The van der Waals surface area contributed by atoms with Crippen molar-refractivity contribution in [1.29, 1.82) is 0 Å². The largest absolute Gasteiger partial charge is 0.497 e. The van der Waals surface area contributed by atoms with Crippen molar-refractivity contribution in [3.8, 4) is 17.2 Å². The molecule has 132 valence electrons. The highest BCUT2D eigenvalue weighted by Crippen LogP contribution is 2.23. The molecule has 2 aromatic heterocycles. The van der Waals surface area contributed by atoms with E-state index < -0.39 is 0 Å². The van der Waals surface area contributed by atoms with Gasteiger partial charge in [0.2, 0.25) is 11.8 Å². The van der Waals surface area contributed by atoms with Gasteiger partial charge >= 0.3 is 0 Å². The van der Waals surface area contributed by atoms with Gasteiger partial charge in [0.1, 0.15) is 18.1 Å². The fraction of sp³-hybridized carbons (Fsp3) is 0.250. The van der Waals surface area contributed by atoms with E-state index in [1.54, 1.807) is 7.11 Å². The molecule has 6 heteroatoms. The smallest absolute Gasteiger partial charge is 0.247 e. The minimum Gasteiger partial charge on any atom is -0.497 e. The highest BCUT2D eigenvalue weighted by atomic mass is 16.5. The van der Waals surface area contributed by atoms with Gasteiger partial charge in [0.25, 0.3) is 0 Å². The van der Waals surface area contributed by atoms with Crippen molar-refractivity contribution in [2.45, 2.75) is 26.3 Å². The average molecular weight is 348 g/mol. The normalized spacial score (nSPS) is 11.2. The van der Waals surface area contributed by atoms with Crippen molar-refractivity contribution >= 4 is 11.0 Å². The summed E-state index contributed by atoms with van der Waals surface area (Å²) in [6, 6.07) is 15.7. The van der Waals surface area contributed by atoms with Gasteiger partial charge in [-0.05, 0) is 42.8 Å². The minimum absolute atomic E-state index is 0.504. The Morgan fingerprint density at radius 2 is 1.85 bits per heavy atom. The van der Waals surface area contributed by atoms with Crippen molar-refractivity contribution in [3.05, 3.63) is 60.2 Å². The Hall–Kier alpha value is -3.15. The third-order valence-corrected chi connectivity index (χ3v) is 4.30. The molecule has 0 aliphatic heterocycles. The van der Waals surface area contributed by atoms with Crippen molar-refractivity contribution in [1.82, 2.24) is 19.7 Å². The number of nitrogens with zero attached hydrogens (tertiary/aromatic N) is 4. The Kier molecular flexibility index (Phi) is 4.39. The molecule has 4 rings (SSSR count). The fourth-order valence-corrected chi connectivity index (χ4v) is 3.02. The lowest BCUT2D eigenvalue weighted by molar-refractivity contribution is 0.415. The molecule has 4 aromatic rings. The third kappa shape index (κ3) is 3.06. The van der Waals surface area contributed by atoms with E-state index in [0.29, 0.717) is 18.3 Å². The summed E-state index contributed by atoms with van der Waals surface area (Å²) in [6.45, 7) is 2.66. The average Bonchev–Trinajstić information content (AvgIpc) is 3.28. The molecule has 0 aliphatic rings. The second kappa shape index (κ2) is 7.00. The second-order valence-corrected chi connectivity index (χ2v) is 6.08. The van der Waals surface area contributed by atoms with Crippen molar-refractivity contribution in [3.63, 3.8) is 0 Å². The number of fused-ring (bicyclic) bond motifs is 1. The topological polar surface area (TPSA) is 66.0 Å². The maximum absolute atomic E-state index is 5.89. The molecule has 0 fully saturated rings.